The number of carbonyl (C=O) groups excluding carboxylic acids is 1. The van der Waals surface area contributed by atoms with E-state index in [2.05, 4.69) is 16.7 Å². The highest BCUT2D eigenvalue weighted by molar-refractivity contribution is 7.88. The number of nitrogens with one attached hydrogen (secondary N) is 1. The molecule has 0 radical (unpaired) electrons. The minimum atomic E-state index is -3.36. The highest BCUT2D eigenvalue weighted by atomic mass is 32.2. The van der Waals surface area contributed by atoms with E-state index in [0.717, 1.165) is 45.0 Å². The number of rotatable bonds is 4. The lowest BCUT2D eigenvalue weighted by atomic mass is 9.66. The standard InChI is InChI=1S/C19H28FN3O3S/c1-22-12-9-19(10-13-22)8-3-11-23(17(19)14-21-27(2,25)26)18(24)15-4-6-16(20)7-5-15/h4-7,17,21H,3,8-14H2,1-2H3/t17-/m0/s1. The maximum absolute atomic E-state index is 13.2. The van der Waals surface area contributed by atoms with Gasteiger partial charge in [-0.05, 0) is 75.5 Å². The molecule has 0 aliphatic carbocycles. The summed E-state index contributed by atoms with van der Waals surface area (Å²) in [6.07, 6.45) is 4.90. The Kier molecular flexibility index (Phi) is 5.88. The molecule has 27 heavy (non-hydrogen) atoms. The maximum Gasteiger partial charge on any atom is 0.254 e. The average molecular weight is 398 g/mol. The van der Waals surface area contributed by atoms with Crippen molar-refractivity contribution < 1.29 is 17.6 Å². The van der Waals surface area contributed by atoms with Gasteiger partial charge in [0.1, 0.15) is 5.82 Å². The zero-order valence-electron chi connectivity index (χ0n) is 15.9. The van der Waals surface area contributed by atoms with E-state index < -0.39 is 10.0 Å². The van der Waals surface area contributed by atoms with Crippen LogP contribution in [-0.4, -0.2) is 69.6 Å². The van der Waals surface area contributed by atoms with Crippen LogP contribution in [0.15, 0.2) is 24.3 Å². The molecule has 150 valence electrons. The number of carbonyl (C=O) groups is 1. The molecule has 2 saturated heterocycles. The number of amides is 1. The first-order chi connectivity index (χ1) is 12.7. The molecule has 0 saturated carbocycles. The van der Waals surface area contributed by atoms with E-state index in [0.29, 0.717) is 12.1 Å². The van der Waals surface area contributed by atoms with Crippen molar-refractivity contribution in [3.8, 4) is 0 Å². The molecule has 1 spiro atoms. The summed E-state index contributed by atoms with van der Waals surface area (Å²) < 4.78 is 39.3. The van der Waals surface area contributed by atoms with Crippen molar-refractivity contribution in [1.82, 2.24) is 14.5 Å². The van der Waals surface area contributed by atoms with Crippen molar-refractivity contribution in [2.45, 2.75) is 31.7 Å². The van der Waals surface area contributed by atoms with E-state index in [1.54, 1.807) is 4.90 Å². The third kappa shape index (κ3) is 4.67. The fraction of sp³-hybridized carbons (Fsp3) is 0.632. The van der Waals surface area contributed by atoms with Gasteiger partial charge in [0.25, 0.3) is 5.91 Å². The summed E-state index contributed by atoms with van der Waals surface area (Å²) in [6, 6.07) is 5.36. The van der Waals surface area contributed by atoms with Gasteiger partial charge in [0.05, 0.1) is 12.3 Å². The van der Waals surface area contributed by atoms with Gasteiger partial charge in [-0.1, -0.05) is 0 Å². The van der Waals surface area contributed by atoms with Gasteiger partial charge in [-0.15, -0.1) is 0 Å². The molecule has 1 aromatic rings. The fourth-order valence-electron chi connectivity index (χ4n) is 4.46. The summed E-state index contributed by atoms with van der Waals surface area (Å²) in [5.74, 6) is -0.541. The lowest BCUT2D eigenvalue weighted by Crippen LogP contribution is -2.61. The van der Waals surface area contributed by atoms with Crippen LogP contribution in [0.1, 0.15) is 36.0 Å². The zero-order valence-corrected chi connectivity index (χ0v) is 16.8. The van der Waals surface area contributed by atoms with Gasteiger partial charge in [0.2, 0.25) is 10.0 Å². The van der Waals surface area contributed by atoms with Gasteiger partial charge in [-0.3, -0.25) is 4.79 Å². The molecule has 6 nitrogen and oxygen atoms in total. The predicted octanol–water partition coefficient (Wildman–Crippen LogP) is 1.69. The third-order valence-corrected chi connectivity index (χ3v) is 6.72. The number of sulfonamides is 1. The molecule has 8 heteroatoms. The van der Waals surface area contributed by atoms with Crippen molar-refractivity contribution in [2.24, 2.45) is 5.41 Å². The Morgan fingerprint density at radius 2 is 1.81 bits per heavy atom. The van der Waals surface area contributed by atoms with Crippen LogP contribution < -0.4 is 4.72 Å². The summed E-state index contributed by atoms with van der Waals surface area (Å²) in [4.78, 5) is 17.2. The fourth-order valence-corrected chi connectivity index (χ4v) is 4.92. The number of nitrogens with zero attached hydrogens (tertiary/aromatic N) is 2. The zero-order chi connectivity index (χ0) is 19.7. The van der Waals surface area contributed by atoms with Crippen molar-refractivity contribution in [3.05, 3.63) is 35.6 Å². The number of halogens is 1. The van der Waals surface area contributed by atoms with E-state index in [-0.39, 0.29) is 29.7 Å². The largest absolute Gasteiger partial charge is 0.334 e. The normalized spacial score (nSPS) is 23.5. The van der Waals surface area contributed by atoms with Crippen molar-refractivity contribution >= 4 is 15.9 Å². The van der Waals surface area contributed by atoms with Crippen LogP contribution in [0.4, 0.5) is 4.39 Å². The van der Waals surface area contributed by atoms with E-state index in [9.17, 15) is 17.6 Å². The highest BCUT2D eigenvalue weighted by Crippen LogP contribution is 2.44. The van der Waals surface area contributed by atoms with E-state index >= 15 is 0 Å². The molecule has 2 aliphatic heterocycles. The molecule has 2 fully saturated rings. The van der Waals surface area contributed by atoms with E-state index in [1.807, 2.05) is 0 Å². The van der Waals surface area contributed by atoms with Gasteiger partial charge in [0, 0.05) is 18.7 Å². The van der Waals surface area contributed by atoms with Crippen molar-refractivity contribution in [1.29, 1.82) is 0 Å². The SMILES string of the molecule is CN1CCC2(CCCN(C(=O)c3ccc(F)cc3)[C@H]2CNS(C)(=O)=O)CC1. The molecular formula is C19H28FN3O3S. The number of hydrogen-bond acceptors (Lipinski definition) is 4. The number of benzene rings is 1. The Morgan fingerprint density at radius 3 is 2.41 bits per heavy atom. The minimum Gasteiger partial charge on any atom is -0.334 e. The molecule has 1 atom stereocenters. The maximum atomic E-state index is 13.2. The van der Waals surface area contributed by atoms with Gasteiger partial charge in [-0.2, -0.15) is 0 Å². The number of hydrogen-bond donors (Lipinski definition) is 1. The second-order valence-electron chi connectivity index (χ2n) is 7.91. The molecule has 0 bridgehead atoms. The number of likely N-dealkylation sites (tertiary alicyclic amines) is 2. The first-order valence-corrected chi connectivity index (χ1v) is 11.3. The van der Waals surface area contributed by atoms with E-state index in [1.165, 1.54) is 24.3 Å². The van der Waals surface area contributed by atoms with Gasteiger partial charge >= 0.3 is 0 Å². The summed E-state index contributed by atoms with van der Waals surface area (Å²) >= 11 is 0. The monoisotopic (exact) mass is 397 g/mol. The van der Waals surface area contributed by atoms with Crippen molar-refractivity contribution in [3.63, 3.8) is 0 Å². The summed E-state index contributed by atoms with van der Waals surface area (Å²) in [7, 11) is -1.27. The lowest BCUT2D eigenvalue weighted by molar-refractivity contribution is -0.0168. The quantitative estimate of drug-likeness (QED) is 0.840. The second-order valence-corrected chi connectivity index (χ2v) is 9.74. The Balaban J connectivity index is 1.89. The van der Waals surface area contributed by atoms with Gasteiger partial charge in [0.15, 0.2) is 0 Å². The topological polar surface area (TPSA) is 69.7 Å². The third-order valence-electron chi connectivity index (χ3n) is 6.03. The molecule has 2 aliphatic rings. The molecule has 3 rings (SSSR count). The second kappa shape index (κ2) is 7.85. The van der Waals surface area contributed by atoms with E-state index in [4.69, 9.17) is 0 Å². The Morgan fingerprint density at radius 1 is 1.19 bits per heavy atom. The first-order valence-electron chi connectivity index (χ1n) is 9.40. The average Bonchev–Trinajstić information content (AvgIpc) is 2.62. The Labute approximate surface area is 160 Å². The van der Waals surface area contributed by atoms with Crippen LogP contribution >= 0.6 is 0 Å². The predicted molar refractivity (Wildman–Crippen MR) is 102 cm³/mol. The van der Waals surface area contributed by atoms with Crippen LogP contribution in [0.5, 0.6) is 0 Å². The summed E-state index contributed by atoms with van der Waals surface area (Å²) in [6.45, 7) is 2.68. The van der Waals surface area contributed by atoms with Crippen molar-refractivity contribution in [2.75, 3.05) is 39.5 Å². The van der Waals surface area contributed by atoms with Crippen LogP contribution in [0.3, 0.4) is 0 Å². The van der Waals surface area contributed by atoms with Crippen LogP contribution in [-0.2, 0) is 10.0 Å². The molecular weight excluding hydrogens is 369 g/mol. The highest BCUT2D eigenvalue weighted by Gasteiger charge is 2.47. The van der Waals surface area contributed by atoms with Crippen LogP contribution in [0.25, 0.3) is 0 Å². The molecule has 2 heterocycles. The van der Waals surface area contributed by atoms with Crippen LogP contribution in [0.2, 0.25) is 0 Å². The summed E-state index contributed by atoms with van der Waals surface area (Å²) in [5, 5.41) is 0. The van der Waals surface area contributed by atoms with Crippen LogP contribution in [0, 0.1) is 11.2 Å². The molecule has 0 aromatic heterocycles. The first kappa shape index (κ1) is 20.2. The summed E-state index contributed by atoms with van der Waals surface area (Å²) in [5.41, 5.74) is 0.351. The van der Waals surface area contributed by atoms with Gasteiger partial charge in [-0.25, -0.2) is 17.5 Å². The molecule has 1 N–H and O–H groups in total. The smallest absolute Gasteiger partial charge is 0.254 e. The lowest BCUT2D eigenvalue weighted by Gasteiger charge is -2.53. The Bertz CT molecular complexity index is 774. The molecule has 1 aromatic carbocycles. The minimum absolute atomic E-state index is 0.0852. The van der Waals surface area contributed by atoms with Gasteiger partial charge < -0.3 is 9.80 Å². The molecule has 1 amide bonds. The Hall–Kier alpha value is -1.51. The number of piperidine rings is 2. The molecule has 0 unspecified atom stereocenters.